The normalized spacial score (nSPS) is 20.7. The van der Waals surface area contributed by atoms with Gasteiger partial charge in [-0.15, -0.1) is 0 Å². The van der Waals surface area contributed by atoms with Crippen LogP contribution in [-0.2, 0) is 14.8 Å². The molecule has 9 heteroatoms. The average Bonchev–Trinajstić information content (AvgIpc) is 2.94. The molecule has 3 aliphatic rings. The number of pyridine rings is 1. The van der Waals surface area contributed by atoms with Crippen LogP contribution >= 0.6 is 0 Å². The van der Waals surface area contributed by atoms with Crippen molar-refractivity contribution in [3.8, 4) is 0 Å². The highest BCUT2D eigenvalue weighted by Gasteiger charge is 2.31. The summed E-state index contributed by atoms with van der Waals surface area (Å²) >= 11 is 0. The average molecular weight is 499 g/mol. The molecule has 2 aromatic rings. The molecule has 188 valence electrons. The molecule has 0 spiro atoms. The highest BCUT2D eigenvalue weighted by molar-refractivity contribution is 7.89. The number of anilines is 1. The number of aromatic nitrogens is 1. The van der Waals surface area contributed by atoms with Crippen LogP contribution in [0.5, 0.6) is 0 Å². The molecule has 0 radical (unpaired) electrons. The molecule has 2 saturated heterocycles. The highest BCUT2D eigenvalue weighted by atomic mass is 32.2. The maximum absolute atomic E-state index is 13.2. The van der Waals surface area contributed by atoms with Gasteiger partial charge in [-0.2, -0.15) is 4.31 Å². The van der Waals surface area contributed by atoms with Gasteiger partial charge in [-0.3, -0.25) is 4.79 Å². The monoisotopic (exact) mass is 498 g/mol. The molecule has 0 N–H and O–H groups in total. The number of piperazine rings is 1. The van der Waals surface area contributed by atoms with Gasteiger partial charge in [0.15, 0.2) is 0 Å². The Morgan fingerprint density at radius 3 is 2.17 bits per heavy atom. The second kappa shape index (κ2) is 10.6. The minimum absolute atomic E-state index is 0.111. The van der Waals surface area contributed by atoms with Gasteiger partial charge in [-0.05, 0) is 48.6 Å². The fraction of sp³-hybridized carbons (Fsp3) is 0.538. The summed E-state index contributed by atoms with van der Waals surface area (Å²) in [5, 5.41) is 0. The van der Waals surface area contributed by atoms with Crippen molar-refractivity contribution in [3.63, 3.8) is 0 Å². The summed E-state index contributed by atoms with van der Waals surface area (Å²) in [5.74, 6) is 1.28. The van der Waals surface area contributed by atoms with Gasteiger partial charge in [0.25, 0.3) is 5.91 Å². The van der Waals surface area contributed by atoms with Gasteiger partial charge >= 0.3 is 0 Å². The number of benzene rings is 1. The van der Waals surface area contributed by atoms with E-state index in [0.717, 1.165) is 18.9 Å². The summed E-state index contributed by atoms with van der Waals surface area (Å²) in [4.78, 5) is 21.6. The maximum atomic E-state index is 13.2. The molecule has 1 aromatic carbocycles. The number of carbonyl (C=O) groups is 1. The van der Waals surface area contributed by atoms with E-state index in [1.165, 1.54) is 42.0 Å². The van der Waals surface area contributed by atoms with Crippen molar-refractivity contribution in [1.82, 2.24) is 14.2 Å². The zero-order chi connectivity index (χ0) is 24.3. The van der Waals surface area contributed by atoms with Gasteiger partial charge in [0.2, 0.25) is 10.0 Å². The second-order valence-electron chi connectivity index (χ2n) is 9.60. The topological polar surface area (TPSA) is 83.1 Å². The first-order valence-electron chi connectivity index (χ1n) is 12.7. The lowest BCUT2D eigenvalue weighted by Gasteiger charge is -2.34. The van der Waals surface area contributed by atoms with Crippen LogP contribution in [-0.4, -0.2) is 81.0 Å². The number of nitrogens with zero attached hydrogens (tertiary/aromatic N) is 4. The van der Waals surface area contributed by atoms with E-state index in [2.05, 4.69) is 9.88 Å². The summed E-state index contributed by atoms with van der Waals surface area (Å²) in [6.45, 7) is 4.25. The second-order valence-corrected chi connectivity index (χ2v) is 11.5. The summed E-state index contributed by atoms with van der Waals surface area (Å²) < 4.78 is 33.3. The lowest BCUT2D eigenvalue weighted by molar-refractivity contribution is 0.0697. The minimum Gasteiger partial charge on any atom is -0.378 e. The molecule has 0 bridgehead atoms. The van der Waals surface area contributed by atoms with Gasteiger partial charge < -0.3 is 14.5 Å². The quantitative estimate of drug-likeness (QED) is 0.630. The Morgan fingerprint density at radius 1 is 0.857 bits per heavy atom. The lowest BCUT2D eigenvalue weighted by Crippen LogP contribution is -2.50. The van der Waals surface area contributed by atoms with Gasteiger partial charge in [-0.25, -0.2) is 13.4 Å². The van der Waals surface area contributed by atoms with Gasteiger partial charge in [0.05, 0.1) is 23.7 Å². The number of hydrogen-bond acceptors (Lipinski definition) is 6. The van der Waals surface area contributed by atoms with E-state index in [1.807, 2.05) is 18.2 Å². The van der Waals surface area contributed by atoms with E-state index >= 15 is 0 Å². The fourth-order valence-corrected chi connectivity index (χ4v) is 6.73. The first-order valence-corrected chi connectivity index (χ1v) is 14.1. The van der Waals surface area contributed by atoms with Crippen molar-refractivity contribution in [3.05, 3.63) is 53.7 Å². The van der Waals surface area contributed by atoms with Crippen LogP contribution in [0.4, 0.5) is 5.82 Å². The molecule has 3 heterocycles. The highest BCUT2D eigenvalue weighted by Crippen LogP contribution is 2.33. The first-order chi connectivity index (χ1) is 17.0. The van der Waals surface area contributed by atoms with E-state index in [0.29, 0.717) is 42.7 Å². The van der Waals surface area contributed by atoms with Crippen LogP contribution in [0, 0.1) is 0 Å². The van der Waals surface area contributed by atoms with Crippen molar-refractivity contribution in [2.24, 2.45) is 0 Å². The number of amides is 1. The standard InChI is InChI=1S/C26H34N4O4S/c31-26(23-8-11-25(27-20-23)28-16-18-34-19-17-28)29-12-14-30(15-13-29)35(32,33)24-9-6-22(7-10-24)21-4-2-1-3-5-21/h6-11,20-21H,1-5,12-19H2. The van der Waals surface area contributed by atoms with Crippen molar-refractivity contribution < 1.29 is 17.9 Å². The van der Waals surface area contributed by atoms with Crippen LogP contribution in [0.2, 0.25) is 0 Å². The molecule has 2 aliphatic heterocycles. The Hall–Kier alpha value is -2.49. The minimum atomic E-state index is -3.57. The van der Waals surface area contributed by atoms with E-state index in [-0.39, 0.29) is 19.0 Å². The zero-order valence-corrected chi connectivity index (χ0v) is 21.0. The Morgan fingerprint density at radius 2 is 1.54 bits per heavy atom. The van der Waals surface area contributed by atoms with E-state index in [1.54, 1.807) is 29.3 Å². The van der Waals surface area contributed by atoms with Gasteiger partial charge in [0.1, 0.15) is 5.82 Å². The lowest BCUT2D eigenvalue weighted by atomic mass is 9.84. The Bertz CT molecular complexity index is 1100. The van der Waals surface area contributed by atoms with Crippen LogP contribution in [0.3, 0.4) is 0 Å². The van der Waals surface area contributed by atoms with Crippen molar-refractivity contribution in [1.29, 1.82) is 0 Å². The summed E-state index contributed by atoms with van der Waals surface area (Å²) in [5.41, 5.74) is 1.77. The Labute approximate surface area is 207 Å². The van der Waals surface area contributed by atoms with Crippen molar-refractivity contribution in [2.45, 2.75) is 42.9 Å². The maximum Gasteiger partial charge on any atom is 0.255 e. The Kier molecular flexibility index (Phi) is 7.36. The molecule has 5 rings (SSSR count). The SMILES string of the molecule is O=C(c1ccc(N2CCOCC2)nc1)N1CCN(S(=O)(=O)c2ccc(C3CCCCC3)cc2)CC1. The predicted octanol–water partition coefficient (Wildman–Crippen LogP) is 3.11. The number of carbonyl (C=O) groups excluding carboxylic acids is 1. The van der Waals surface area contributed by atoms with Crippen molar-refractivity contribution >= 4 is 21.7 Å². The smallest absolute Gasteiger partial charge is 0.255 e. The fourth-order valence-electron chi connectivity index (χ4n) is 5.30. The third-order valence-electron chi connectivity index (χ3n) is 7.45. The van der Waals surface area contributed by atoms with Crippen LogP contribution < -0.4 is 4.90 Å². The van der Waals surface area contributed by atoms with Gasteiger partial charge in [-0.1, -0.05) is 31.4 Å². The zero-order valence-electron chi connectivity index (χ0n) is 20.1. The summed E-state index contributed by atoms with van der Waals surface area (Å²) in [6.07, 6.45) is 7.79. The first kappa shape index (κ1) is 24.2. The largest absolute Gasteiger partial charge is 0.378 e. The molecule has 1 aromatic heterocycles. The number of rotatable bonds is 5. The van der Waals surface area contributed by atoms with E-state index < -0.39 is 10.0 Å². The summed E-state index contributed by atoms with van der Waals surface area (Å²) in [7, 11) is -3.57. The molecule has 1 aliphatic carbocycles. The van der Waals surface area contributed by atoms with Crippen molar-refractivity contribution in [2.75, 3.05) is 57.4 Å². The van der Waals surface area contributed by atoms with E-state index in [4.69, 9.17) is 4.74 Å². The third kappa shape index (κ3) is 5.37. The molecule has 3 fully saturated rings. The molecule has 1 amide bonds. The number of ether oxygens (including phenoxy) is 1. The molecular weight excluding hydrogens is 464 g/mol. The number of morpholine rings is 1. The van der Waals surface area contributed by atoms with Crippen LogP contribution in [0.15, 0.2) is 47.5 Å². The van der Waals surface area contributed by atoms with Gasteiger partial charge in [0, 0.05) is 45.5 Å². The third-order valence-corrected chi connectivity index (χ3v) is 9.36. The number of hydrogen-bond donors (Lipinski definition) is 0. The predicted molar refractivity (Wildman–Crippen MR) is 134 cm³/mol. The summed E-state index contributed by atoms with van der Waals surface area (Å²) in [6, 6.07) is 11.1. The molecule has 1 saturated carbocycles. The Balaban J connectivity index is 1.18. The molecule has 0 unspecified atom stereocenters. The number of sulfonamides is 1. The molecule has 35 heavy (non-hydrogen) atoms. The van der Waals surface area contributed by atoms with Crippen LogP contribution in [0.1, 0.15) is 53.9 Å². The van der Waals surface area contributed by atoms with E-state index in [9.17, 15) is 13.2 Å². The molecular formula is C26H34N4O4S. The molecule has 8 nitrogen and oxygen atoms in total. The van der Waals surface area contributed by atoms with Crippen LogP contribution in [0.25, 0.3) is 0 Å². The molecule has 0 atom stereocenters.